The van der Waals surface area contributed by atoms with Crippen LogP contribution in [0.25, 0.3) is 65.9 Å². The van der Waals surface area contributed by atoms with Crippen LogP contribution in [0.3, 0.4) is 0 Å². The number of aryl methyl sites for hydroxylation is 4. The second-order valence-electron chi connectivity index (χ2n) is 22.7. The van der Waals surface area contributed by atoms with Crippen molar-refractivity contribution < 1.29 is 37.6 Å². The van der Waals surface area contributed by atoms with Gasteiger partial charge in [0.1, 0.15) is 22.9 Å². The lowest BCUT2D eigenvalue weighted by Gasteiger charge is -2.42. The van der Waals surface area contributed by atoms with Gasteiger partial charge in [-0.05, 0) is 164 Å². The lowest BCUT2D eigenvalue weighted by atomic mass is 9.73. The van der Waals surface area contributed by atoms with Crippen LogP contribution in [0.2, 0.25) is 0 Å². The average Bonchev–Trinajstić information content (AvgIpc) is 4.33. The van der Waals surface area contributed by atoms with Gasteiger partial charge in [-0.2, -0.15) is 0 Å². The van der Waals surface area contributed by atoms with E-state index in [4.69, 9.17) is 20.5 Å². The van der Waals surface area contributed by atoms with Crippen molar-refractivity contribution >= 4 is 55.4 Å². The molecule has 6 N–H and O–H groups in total. The van der Waals surface area contributed by atoms with Crippen LogP contribution < -0.4 is 11.5 Å². The number of aromatic nitrogens is 4. The fraction of sp³-hybridized carbons (Fsp3) is 0.312. The summed E-state index contributed by atoms with van der Waals surface area (Å²) >= 11 is 0. The van der Waals surface area contributed by atoms with Crippen molar-refractivity contribution in [1.29, 1.82) is 0 Å². The number of fused-ring (bicyclic) bond motifs is 6. The van der Waals surface area contributed by atoms with Crippen LogP contribution in [0.4, 0.5) is 8.78 Å². The maximum atomic E-state index is 16.8. The highest BCUT2D eigenvalue weighted by molar-refractivity contribution is 6.20. The highest BCUT2D eigenvalue weighted by Gasteiger charge is 2.49. The molecule has 2 saturated carbocycles. The number of nitrogens with zero attached hydrogens (tertiary/aromatic N) is 4. The lowest BCUT2D eigenvalue weighted by Crippen LogP contribution is -2.42. The predicted molar refractivity (Wildman–Crippen MR) is 301 cm³/mol. The number of hydrogen-bond acceptors (Lipinski definition) is 8. The first-order valence-corrected chi connectivity index (χ1v) is 26.6. The largest absolute Gasteiger partial charge is 0.386 e. The van der Waals surface area contributed by atoms with Gasteiger partial charge in [0.2, 0.25) is 11.8 Å². The minimum absolute atomic E-state index is 0.343. The molecule has 12 rings (SSSR count). The van der Waals surface area contributed by atoms with Gasteiger partial charge in [0, 0.05) is 43.8 Å². The van der Waals surface area contributed by atoms with Crippen molar-refractivity contribution in [2.45, 2.75) is 129 Å². The van der Waals surface area contributed by atoms with Gasteiger partial charge in [0.25, 0.3) is 0 Å². The Morgan fingerprint density at radius 2 is 0.910 bits per heavy atom. The van der Waals surface area contributed by atoms with E-state index in [2.05, 4.69) is 10.3 Å². The van der Waals surface area contributed by atoms with Gasteiger partial charge in [-0.15, -0.1) is 0 Å². The normalized spacial score (nSPS) is 15.9. The Labute approximate surface area is 450 Å². The van der Waals surface area contributed by atoms with E-state index >= 15 is 8.78 Å². The summed E-state index contributed by atoms with van der Waals surface area (Å²) in [6, 6.07) is 36.9. The number of alkyl halides is 2. The van der Waals surface area contributed by atoms with Gasteiger partial charge < -0.3 is 39.9 Å². The maximum Gasteiger partial charge on any atom is 0.249 e. The first kappa shape index (κ1) is 52.1. The highest BCUT2D eigenvalue weighted by Crippen LogP contribution is 2.53. The molecule has 2 atom stereocenters. The van der Waals surface area contributed by atoms with Gasteiger partial charge in [0.05, 0.1) is 56.7 Å². The summed E-state index contributed by atoms with van der Waals surface area (Å²) in [5.41, 5.74) is 17.8. The predicted octanol–water partition coefficient (Wildman–Crippen LogP) is 13.7. The summed E-state index contributed by atoms with van der Waals surface area (Å²) < 4.78 is 48.5. The number of aliphatic hydroxyl groups is 2. The Kier molecular flexibility index (Phi) is 12.6. The van der Waals surface area contributed by atoms with Crippen LogP contribution in [0.5, 0.6) is 0 Å². The first-order valence-electron chi connectivity index (χ1n) is 26.6. The number of amides is 2. The van der Waals surface area contributed by atoms with E-state index in [0.717, 1.165) is 68.0 Å². The smallest absolute Gasteiger partial charge is 0.249 e. The van der Waals surface area contributed by atoms with Crippen LogP contribution in [0, 0.1) is 27.7 Å². The van der Waals surface area contributed by atoms with E-state index < -0.39 is 46.4 Å². The quantitative estimate of drug-likeness (QED) is 0.0930. The zero-order valence-electron chi connectivity index (χ0n) is 45.2. The fourth-order valence-corrected chi connectivity index (χ4v) is 12.3. The van der Waals surface area contributed by atoms with Crippen LogP contribution in [0.1, 0.15) is 144 Å². The molecule has 2 aliphatic carbocycles. The molecule has 2 aliphatic rings. The molecule has 10 aromatic rings. The average molecular weight is 1050 g/mol. The number of benzene rings is 6. The van der Waals surface area contributed by atoms with Crippen LogP contribution in [0.15, 0.2) is 130 Å². The molecule has 4 aromatic heterocycles. The summed E-state index contributed by atoms with van der Waals surface area (Å²) in [4.78, 5) is 25.9. The highest BCUT2D eigenvalue weighted by atomic mass is 19.1. The van der Waals surface area contributed by atoms with Gasteiger partial charge in [0.15, 0.2) is 0 Å². The number of rotatable bonds is 12. The Morgan fingerprint density at radius 3 is 1.19 bits per heavy atom. The summed E-state index contributed by atoms with van der Waals surface area (Å²) in [6.07, 6.45) is 3.36. The number of hydrogen-bond donors (Lipinski definition) is 4. The number of carbonyl (C=O) groups is 2. The number of nitrogens with two attached hydrogens (primary N) is 2. The van der Waals surface area contributed by atoms with Crippen LogP contribution in [-0.4, -0.2) is 52.8 Å². The van der Waals surface area contributed by atoms with E-state index in [-0.39, 0.29) is 0 Å². The van der Waals surface area contributed by atoms with E-state index in [1.807, 2.05) is 146 Å². The second-order valence-corrected chi connectivity index (χ2v) is 22.7. The third-order valence-corrected chi connectivity index (χ3v) is 16.5. The van der Waals surface area contributed by atoms with Crippen molar-refractivity contribution in [1.82, 2.24) is 19.4 Å². The summed E-state index contributed by atoms with van der Waals surface area (Å²) in [6.45, 7) is 14.3. The van der Waals surface area contributed by atoms with Crippen molar-refractivity contribution in [3.63, 3.8) is 0 Å². The monoisotopic (exact) mass is 1050 g/mol. The second kappa shape index (κ2) is 18.9. The molecule has 0 saturated heterocycles. The molecular weight excluding hydrogens is 987 g/mol. The standard InChI is InChI=1S/2C32H32FN3O3/c2*1-18-27(19(2)39-35-18)21-15-24(30(34)37)28-23-12-11-22(31(3,4)38)17-25(23)36(26(28)16-21)29(32(33)13-8-14-32)20-9-6-5-7-10-20/h2*5-7,9-12,15-17,29,38H,8,13-14H2,1-4H3,(H2,34,37). The number of carbonyl (C=O) groups excluding carboxylic acids is 2. The molecule has 2 amide bonds. The zero-order chi connectivity index (χ0) is 55.4. The van der Waals surface area contributed by atoms with E-state index in [1.165, 1.54) is 0 Å². The van der Waals surface area contributed by atoms with Crippen LogP contribution >= 0.6 is 0 Å². The van der Waals surface area contributed by atoms with Gasteiger partial charge in [-0.25, -0.2) is 8.78 Å². The molecule has 0 spiro atoms. The maximum absolute atomic E-state index is 16.8. The Morgan fingerprint density at radius 1 is 0.551 bits per heavy atom. The van der Waals surface area contributed by atoms with Crippen molar-refractivity contribution in [2.24, 2.45) is 11.5 Å². The summed E-state index contributed by atoms with van der Waals surface area (Å²) in [7, 11) is 0. The molecule has 6 aromatic carbocycles. The van der Waals surface area contributed by atoms with Crippen molar-refractivity contribution in [2.75, 3.05) is 0 Å². The molecule has 0 radical (unpaired) electrons. The molecule has 14 heteroatoms. The Hall–Kier alpha value is -7.94. The topological polar surface area (TPSA) is 189 Å². The number of primary amides is 2. The Balaban J connectivity index is 0.000000165. The molecule has 400 valence electrons. The summed E-state index contributed by atoms with van der Waals surface area (Å²) in [5, 5.41) is 32.9. The van der Waals surface area contributed by atoms with Crippen molar-refractivity contribution in [3.8, 4) is 22.3 Å². The zero-order valence-corrected chi connectivity index (χ0v) is 45.2. The minimum atomic E-state index is -1.48. The first-order chi connectivity index (χ1) is 37.0. The lowest BCUT2D eigenvalue weighted by molar-refractivity contribution is 0.0240. The Bertz CT molecular complexity index is 3700. The SMILES string of the molecule is Cc1noc(C)c1-c1cc(C(N)=O)c2c3ccc(C(C)(C)O)cc3n(C(c3ccccc3)C3(F)CCC3)c2c1.Cc1noc(C)c1-c1cc(C(N)=O)c2c3ccc(C(C)(C)O)cc3n(C(c3ccccc3)C3(F)CCC3)c2c1. The summed E-state index contributed by atoms with van der Waals surface area (Å²) in [5.74, 6) is 0.0906. The fourth-order valence-electron chi connectivity index (χ4n) is 12.3. The van der Waals surface area contributed by atoms with Crippen LogP contribution in [-0.2, 0) is 11.2 Å². The molecule has 0 aliphatic heterocycles. The molecule has 2 unspecified atom stereocenters. The van der Waals surface area contributed by atoms with Crippen molar-refractivity contribution in [3.05, 3.63) is 178 Å². The molecule has 0 bridgehead atoms. The van der Waals surface area contributed by atoms with E-state index in [0.29, 0.717) is 92.7 Å². The van der Waals surface area contributed by atoms with E-state index in [1.54, 1.807) is 39.8 Å². The molecule has 12 nitrogen and oxygen atoms in total. The third kappa shape index (κ3) is 8.65. The number of halogens is 2. The molecule has 4 heterocycles. The van der Waals surface area contributed by atoms with Gasteiger partial charge in [-0.1, -0.05) is 95.2 Å². The van der Waals surface area contributed by atoms with E-state index in [9.17, 15) is 19.8 Å². The molecule has 2 fully saturated rings. The van der Waals surface area contributed by atoms with Gasteiger partial charge in [-0.3, -0.25) is 9.59 Å². The third-order valence-electron chi connectivity index (χ3n) is 16.5. The minimum Gasteiger partial charge on any atom is -0.386 e. The molecule has 78 heavy (non-hydrogen) atoms. The molecular formula is C64H64F2N6O6. The van der Waals surface area contributed by atoms with Gasteiger partial charge >= 0.3 is 0 Å².